The lowest BCUT2D eigenvalue weighted by Gasteiger charge is -2.09. The predicted molar refractivity (Wildman–Crippen MR) is 80.6 cm³/mol. The van der Waals surface area contributed by atoms with Crippen molar-refractivity contribution in [2.24, 2.45) is 0 Å². The number of pyridine rings is 2. The van der Waals surface area contributed by atoms with Crippen molar-refractivity contribution in [3.8, 4) is 0 Å². The lowest BCUT2D eigenvalue weighted by Crippen LogP contribution is -2.30. The molecule has 2 aromatic heterocycles. The van der Waals surface area contributed by atoms with Gasteiger partial charge in [-0.25, -0.2) is 13.1 Å². The minimum atomic E-state index is -3.99. The van der Waals surface area contributed by atoms with E-state index in [1.54, 1.807) is 30.5 Å². The van der Waals surface area contributed by atoms with Crippen LogP contribution >= 0.6 is 0 Å². The molecule has 0 aliphatic carbocycles. The van der Waals surface area contributed by atoms with Gasteiger partial charge in [-0.1, -0.05) is 12.1 Å². The Balaban J connectivity index is 2.01. The smallest absolute Gasteiger partial charge is 0.266 e. The second-order valence-corrected chi connectivity index (χ2v) is 6.18. The molecule has 1 N–H and O–H groups in total. The Morgan fingerprint density at radius 2 is 1.77 bits per heavy atom. The molecule has 0 fully saturated rings. The van der Waals surface area contributed by atoms with Crippen LogP contribution in [0, 0.1) is 0 Å². The lowest BCUT2D eigenvalue weighted by atomic mass is 10.2. The molecule has 2 heterocycles. The van der Waals surface area contributed by atoms with Crippen LogP contribution in [0.25, 0.3) is 10.8 Å². The lowest BCUT2D eigenvalue weighted by molar-refractivity contribution is 0.0981. The van der Waals surface area contributed by atoms with Crippen LogP contribution in [0.4, 0.5) is 0 Å². The van der Waals surface area contributed by atoms with E-state index in [2.05, 4.69) is 14.7 Å². The first-order valence-corrected chi connectivity index (χ1v) is 7.86. The van der Waals surface area contributed by atoms with Gasteiger partial charge in [-0.3, -0.25) is 14.8 Å². The third kappa shape index (κ3) is 2.66. The summed E-state index contributed by atoms with van der Waals surface area (Å²) in [6, 6.07) is 9.45. The van der Waals surface area contributed by atoms with Gasteiger partial charge in [-0.05, 0) is 24.3 Å². The minimum absolute atomic E-state index is 0.0321. The van der Waals surface area contributed by atoms with Crippen molar-refractivity contribution in [3.05, 3.63) is 66.7 Å². The number of carbonyl (C=O) groups excluding carboxylic acids is 1. The van der Waals surface area contributed by atoms with Gasteiger partial charge in [0, 0.05) is 35.6 Å². The monoisotopic (exact) mass is 313 g/mol. The number of benzene rings is 1. The number of amides is 1. The van der Waals surface area contributed by atoms with Gasteiger partial charge in [-0.15, -0.1) is 0 Å². The molecule has 3 aromatic rings. The van der Waals surface area contributed by atoms with Crippen molar-refractivity contribution in [1.82, 2.24) is 14.7 Å². The molecule has 0 aliphatic rings. The quantitative estimate of drug-likeness (QED) is 0.795. The first-order valence-electron chi connectivity index (χ1n) is 6.38. The number of nitrogens with zero attached hydrogens (tertiary/aromatic N) is 2. The molecule has 0 saturated carbocycles. The molecule has 22 heavy (non-hydrogen) atoms. The van der Waals surface area contributed by atoms with Crippen LogP contribution in [0.15, 0.2) is 66.1 Å². The number of hydrogen-bond acceptors (Lipinski definition) is 5. The second kappa shape index (κ2) is 5.53. The van der Waals surface area contributed by atoms with Gasteiger partial charge in [0.25, 0.3) is 15.9 Å². The Kier molecular flexibility index (Phi) is 3.56. The fraction of sp³-hybridized carbons (Fsp3) is 0. The molecule has 6 nitrogen and oxygen atoms in total. The van der Waals surface area contributed by atoms with Crippen molar-refractivity contribution < 1.29 is 13.2 Å². The second-order valence-electron chi connectivity index (χ2n) is 4.53. The minimum Gasteiger partial charge on any atom is -0.268 e. The van der Waals surface area contributed by atoms with Gasteiger partial charge in [0.1, 0.15) is 0 Å². The van der Waals surface area contributed by atoms with Gasteiger partial charge >= 0.3 is 0 Å². The van der Waals surface area contributed by atoms with E-state index in [1.807, 2.05) is 0 Å². The zero-order chi connectivity index (χ0) is 15.6. The van der Waals surface area contributed by atoms with Crippen LogP contribution in [0.3, 0.4) is 0 Å². The highest BCUT2D eigenvalue weighted by atomic mass is 32.2. The van der Waals surface area contributed by atoms with Crippen molar-refractivity contribution in [2.45, 2.75) is 4.90 Å². The van der Waals surface area contributed by atoms with Crippen LogP contribution in [-0.4, -0.2) is 24.3 Å². The highest BCUT2D eigenvalue weighted by Gasteiger charge is 2.20. The third-order valence-electron chi connectivity index (χ3n) is 3.08. The molecule has 0 bridgehead atoms. The van der Waals surface area contributed by atoms with E-state index in [0.29, 0.717) is 10.8 Å². The largest absolute Gasteiger partial charge is 0.268 e. The molecule has 0 radical (unpaired) electrons. The standard InChI is InChI=1S/C15H11N3O3S/c19-15(12-4-2-7-16-10-12)18-22(20,21)14-5-1-3-11-9-17-8-6-13(11)14/h1-10H,(H,18,19). The van der Waals surface area contributed by atoms with Gasteiger partial charge < -0.3 is 0 Å². The van der Waals surface area contributed by atoms with E-state index in [-0.39, 0.29) is 10.5 Å². The Morgan fingerprint density at radius 3 is 2.55 bits per heavy atom. The van der Waals surface area contributed by atoms with E-state index >= 15 is 0 Å². The van der Waals surface area contributed by atoms with Gasteiger partial charge in [0.05, 0.1) is 10.5 Å². The average molecular weight is 313 g/mol. The zero-order valence-electron chi connectivity index (χ0n) is 11.3. The summed E-state index contributed by atoms with van der Waals surface area (Å²) in [7, 11) is -3.99. The van der Waals surface area contributed by atoms with Crippen LogP contribution in [-0.2, 0) is 10.0 Å². The SMILES string of the molecule is O=C(NS(=O)(=O)c1cccc2cnccc12)c1cccnc1. The maximum atomic E-state index is 12.5. The number of fused-ring (bicyclic) bond motifs is 1. The molecule has 0 spiro atoms. The van der Waals surface area contributed by atoms with Crippen molar-refractivity contribution >= 4 is 26.7 Å². The predicted octanol–water partition coefficient (Wildman–Crippen LogP) is 1.75. The molecule has 0 saturated heterocycles. The molecule has 110 valence electrons. The van der Waals surface area contributed by atoms with Gasteiger partial charge in [-0.2, -0.15) is 0 Å². The summed E-state index contributed by atoms with van der Waals surface area (Å²) in [5.41, 5.74) is 0.174. The number of carbonyl (C=O) groups is 1. The van der Waals surface area contributed by atoms with E-state index in [9.17, 15) is 13.2 Å². The fourth-order valence-corrected chi connectivity index (χ4v) is 3.27. The van der Waals surface area contributed by atoms with Crippen molar-refractivity contribution in [3.63, 3.8) is 0 Å². The molecule has 3 rings (SSSR count). The van der Waals surface area contributed by atoms with E-state index in [0.717, 1.165) is 0 Å². The summed E-state index contributed by atoms with van der Waals surface area (Å²) in [4.78, 5) is 19.8. The van der Waals surface area contributed by atoms with Gasteiger partial charge in [0.15, 0.2) is 0 Å². The van der Waals surface area contributed by atoms with Crippen LogP contribution in [0.2, 0.25) is 0 Å². The Morgan fingerprint density at radius 1 is 0.955 bits per heavy atom. The topological polar surface area (TPSA) is 89.0 Å². The number of sulfonamides is 1. The number of aromatic nitrogens is 2. The number of nitrogens with one attached hydrogen (secondary N) is 1. The maximum absolute atomic E-state index is 12.5. The van der Waals surface area contributed by atoms with Gasteiger partial charge in [0.2, 0.25) is 0 Å². The Bertz CT molecular complexity index is 935. The van der Waals surface area contributed by atoms with E-state index in [1.165, 1.54) is 30.7 Å². The summed E-state index contributed by atoms with van der Waals surface area (Å²) in [5.74, 6) is -0.723. The van der Waals surface area contributed by atoms with Crippen LogP contribution in [0.1, 0.15) is 10.4 Å². The van der Waals surface area contributed by atoms with Crippen LogP contribution < -0.4 is 4.72 Å². The highest BCUT2D eigenvalue weighted by molar-refractivity contribution is 7.90. The van der Waals surface area contributed by atoms with Crippen molar-refractivity contribution in [2.75, 3.05) is 0 Å². The summed E-state index contributed by atoms with van der Waals surface area (Å²) in [5, 5.41) is 1.18. The third-order valence-corrected chi connectivity index (χ3v) is 4.47. The molecule has 0 aliphatic heterocycles. The molecule has 7 heteroatoms. The molecular formula is C15H11N3O3S. The highest BCUT2D eigenvalue weighted by Crippen LogP contribution is 2.21. The Hall–Kier alpha value is -2.80. The van der Waals surface area contributed by atoms with E-state index in [4.69, 9.17) is 0 Å². The number of rotatable bonds is 3. The molecule has 1 aromatic carbocycles. The molecular weight excluding hydrogens is 302 g/mol. The molecule has 1 amide bonds. The van der Waals surface area contributed by atoms with E-state index < -0.39 is 15.9 Å². The molecule has 0 atom stereocenters. The summed E-state index contributed by atoms with van der Waals surface area (Å²) in [6.45, 7) is 0. The number of hydrogen-bond donors (Lipinski definition) is 1. The zero-order valence-corrected chi connectivity index (χ0v) is 12.1. The normalized spacial score (nSPS) is 11.3. The average Bonchev–Trinajstić information content (AvgIpc) is 2.54. The maximum Gasteiger partial charge on any atom is 0.266 e. The first-order chi connectivity index (χ1) is 10.6. The summed E-state index contributed by atoms with van der Waals surface area (Å²) >= 11 is 0. The van der Waals surface area contributed by atoms with Crippen molar-refractivity contribution in [1.29, 1.82) is 0 Å². The summed E-state index contributed by atoms with van der Waals surface area (Å²) in [6.07, 6.45) is 5.88. The fourth-order valence-electron chi connectivity index (χ4n) is 2.06. The summed E-state index contributed by atoms with van der Waals surface area (Å²) < 4.78 is 27.0. The van der Waals surface area contributed by atoms with Crippen LogP contribution in [0.5, 0.6) is 0 Å². The Labute approximate surface area is 126 Å². The first kappa shape index (κ1) is 14.2. The molecule has 0 unspecified atom stereocenters.